The fraction of sp³-hybridized carbons (Fsp3) is 0.667. The number of nitrogens with one attached hydrogen (secondary N) is 1. The first-order valence-electron chi connectivity index (χ1n) is 5.34. The van der Waals surface area contributed by atoms with Gasteiger partial charge in [-0.2, -0.15) is 5.10 Å². The molecule has 4 N–H and O–H groups in total. The molecule has 1 aromatic rings. The third kappa shape index (κ3) is 2.43. The first kappa shape index (κ1) is 12.3. The predicted octanol–water partition coefficient (Wildman–Crippen LogP) is -0.804. The molecule has 7 nitrogen and oxygen atoms in total. The maximum atomic E-state index is 11.9. The topological polar surface area (TPSA) is 110 Å². The van der Waals surface area contributed by atoms with Gasteiger partial charge in [0.2, 0.25) is 10.0 Å². The Hall–Kier alpha value is -1.12. The van der Waals surface area contributed by atoms with Crippen LogP contribution in [0.25, 0.3) is 0 Å². The van der Waals surface area contributed by atoms with Crippen LogP contribution in [0.15, 0.2) is 11.1 Å². The van der Waals surface area contributed by atoms with Gasteiger partial charge in [0.15, 0.2) is 5.82 Å². The van der Waals surface area contributed by atoms with Crippen molar-refractivity contribution >= 4 is 15.8 Å². The van der Waals surface area contributed by atoms with E-state index >= 15 is 0 Å². The predicted molar refractivity (Wildman–Crippen MR) is 61.6 cm³/mol. The Morgan fingerprint density at radius 1 is 1.65 bits per heavy atom. The zero-order valence-corrected chi connectivity index (χ0v) is 10.4. The van der Waals surface area contributed by atoms with E-state index in [9.17, 15) is 13.5 Å². The summed E-state index contributed by atoms with van der Waals surface area (Å²) in [5, 5.41) is 13.6. The zero-order valence-electron chi connectivity index (χ0n) is 9.55. The SMILES string of the molecule is Cn1cc(S(=O)(=O)NCC2(O)CCC2)c(N)n1. The molecule has 96 valence electrons. The summed E-state index contributed by atoms with van der Waals surface area (Å²) < 4.78 is 27.5. The average molecular weight is 260 g/mol. The molecule has 0 bridgehead atoms. The zero-order chi connectivity index (χ0) is 12.7. The number of aliphatic hydroxyl groups is 1. The third-order valence-electron chi connectivity index (χ3n) is 2.99. The minimum Gasteiger partial charge on any atom is -0.389 e. The van der Waals surface area contributed by atoms with Gasteiger partial charge in [0, 0.05) is 19.8 Å². The summed E-state index contributed by atoms with van der Waals surface area (Å²) in [6, 6.07) is 0. The first-order valence-corrected chi connectivity index (χ1v) is 6.82. The number of aryl methyl sites for hydroxylation is 1. The van der Waals surface area contributed by atoms with Gasteiger partial charge in [-0.25, -0.2) is 13.1 Å². The van der Waals surface area contributed by atoms with Crippen LogP contribution in [0, 0.1) is 0 Å². The van der Waals surface area contributed by atoms with E-state index in [1.807, 2.05) is 0 Å². The Morgan fingerprint density at radius 2 is 2.29 bits per heavy atom. The minimum absolute atomic E-state index is 0.0175. The molecule has 0 atom stereocenters. The van der Waals surface area contributed by atoms with Crippen molar-refractivity contribution in [2.45, 2.75) is 29.8 Å². The summed E-state index contributed by atoms with van der Waals surface area (Å²) in [7, 11) is -2.11. The highest BCUT2D eigenvalue weighted by Crippen LogP contribution is 2.31. The van der Waals surface area contributed by atoms with Crippen LogP contribution in [-0.2, 0) is 17.1 Å². The van der Waals surface area contributed by atoms with Crippen molar-refractivity contribution in [1.82, 2.24) is 14.5 Å². The molecule has 0 unspecified atom stereocenters. The lowest BCUT2D eigenvalue weighted by molar-refractivity contribution is -0.0270. The molecule has 2 rings (SSSR count). The summed E-state index contributed by atoms with van der Waals surface area (Å²) in [6.45, 7) is 0.0175. The van der Waals surface area contributed by atoms with Gasteiger partial charge in [0.05, 0.1) is 5.60 Å². The highest BCUT2D eigenvalue weighted by atomic mass is 32.2. The number of aromatic nitrogens is 2. The molecule has 0 aliphatic heterocycles. The molecular weight excluding hydrogens is 244 g/mol. The number of rotatable bonds is 4. The monoisotopic (exact) mass is 260 g/mol. The number of hydrogen-bond donors (Lipinski definition) is 3. The van der Waals surface area contributed by atoms with Crippen LogP contribution in [0.4, 0.5) is 5.82 Å². The molecule has 8 heteroatoms. The Bertz CT molecular complexity index is 518. The van der Waals surface area contributed by atoms with Crippen LogP contribution in [0.1, 0.15) is 19.3 Å². The van der Waals surface area contributed by atoms with Crippen molar-refractivity contribution in [3.63, 3.8) is 0 Å². The van der Waals surface area contributed by atoms with E-state index in [1.54, 1.807) is 7.05 Å². The molecule has 17 heavy (non-hydrogen) atoms. The van der Waals surface area contributed by atoms with Crippen LogP contribution in [-0.4, -0.2) is 35.5 Å². The molecule has 1 aliphatic rings. The van der Waals surface area contributed by atoms with Crippen molar-refractivity contribution in [1.29, 1.82) is 0 Å². The lowest BCUT2D eigenvalue weighted by atomic mass is 9.81. The maximum Gasteiger partial charge on any atom is 0.245 e. The Morgan fingerprint density at radius 3 is 2.71 bits per heavy atom. The van der Waals surface area contributed by atoms with Gasteiger partial charge in [0.25, 0.3) is 0 Å². The number of hydrogen-bond acceptors (Lipinski definition) is 5. The van der Waals surface area contributed by atoms with Crippen molar-refractivity contribution in [2.24, 2.45) is 7.05 Å². The van der Waals surface area contributed by atoms with Gasteiger partial charge in [-0.1, -0.05) is 0 Å². The van der Waals surface area contributed by atoms with E-state index < -0.39 is 15.6 Å². The molecule has 0 spiro atoms. The Labute approximate surface area is 99.7 Å². The second-order valence-corrected chi connectivity index (χ2v) is 6.19. The summed E-state index contributed by atoms with van der Waals surface area (Å²) in [5.41, 5.74) is 4.60. The van der Waals surface area contributed by atoms with E-state index in [0.717, 1.165) is 6.42 Å². The molecule has 1 aliphatic carbocycles. The van der Waals surface area contributed by atoms with Gasteiger partial charge in [-0.3, -0.25) is 4.68 Å². The highest BCUT2D eigenvalue weighted by Gasteiger charge is 2.36. The first-order chi connectivity index (χ1) is 7.82. The van der Waals surface area contributed by atoms with Crippen LogP contribution in [0.5, 0.6) is 0 Å². The summed E-state index contributed by atoms with van der Waals surface area (Å²) in [4.78, 5) is -0.0528. The minimum atomic E-state index is -3.70. The van der Waals surface area contributed by atoms with Gasteiger partial charge in [-0.15, -0.1) is 0 Å². The summed E-state index contributed by atoms with van der Waals surface area (Å²) in [5.74, 6) is -0.0411. The second kappa shape index (κ2) is 3.97. The lowest BCUT2D eigenvalue weighted by Gasteiger charge is -2.36. The third-order valence-corrected chi connectivity index (χ3v) is 4.40. The van der Waals surface area contributed by atoms with Gasteiger partial charge in [0.1, 0.15) is 4.90 Å². The molecular formula is C9H16N4O3S. The van der Waals surface area contributed by atoms with E-state index in [0.29, 0.717) is 12.8 Å². The number of sulfonamides is 1. The molecule has 0 radical (unpaired) electrons. The molecule has 1 fully saturated rings. The molecule has 0 aromatic carbocycles. The highest BCUT2D eigenvalue weighted by molar-refractivity contribution is 7.89. The molecule has 0 amide bonds. The van der Waals surface area contributed by atoms with Gasteiger partial charge < -0.3 is 10.8 Å². The number of nitrogens with zero attached hydrogens (tertiary/aromatic N) is 2. The van der Waals surface area contributed by atoms with Crippen molar-refractivity contribution in [3.8, 4) is 0 Å². The number of nitrogens with two attached hydrogens (primary N) is 1. The van der Waals surface area contributed by atoms with Crippen molar-refractivity contribution < 1.29 is 13.5 Å². The van der Waals surface area contributed by atoms with E-state index in [4.69, 9.17) is 5.73 Å². The van der Waals surface area contributed by atoms with Crippen molar-refractivity contribution in [2.75, 3.05) is 12.3 Å². The summed E-state index contributed by atoms with van der Waals surface area (Å²) >= 11 is 0. The maximum absolute atomic E-state index is 11.9. The van der Waals surface area contributed by atoms with Gasteiger partial charge in [-0.05, 0) is 19.3 Å². The van der Waals surface area contributed by atoms with E-state index in [-0.39, 0.29) is 17.3 Å². The van der Waals surface area contributed by atoms with Crippen LogP contribution in [0.2, 0.25) is 0 Å². The van der Waals surface area contributed by atoms with E-state index in [2.05, 4.69) is 9.82 Å². The molecule has 1 saturated carbocycles. The molecule has 0 saturated heterocycles. The summed E-state index contributed by atoms with van der Waals surface area (Å²) in [6.07, 6.45) is 3.51. The number of nitrogen functional groups attached to an aromatic ring is 1. The number of anilines is 1. The van der Waals surface area contributed by atoms with Crippen LogP contribution >= 0.6 is 0 Å². The quantitative estimate of drug-likeness (QED) is 0.656. The average Bonchev–Trinajstić information content (AvgIpc) is 2.53. The standard InChI is InChI=1S/C9H16N4O3S/c1-13-5-7(8(10)12-13)17(15,16)11-6-9(14)3-2-4-9/h5,11,14H,2-4,6H2,1H3,(H2,10,12). The smallest absolute Gasteiger partial charge is 0.245 e. The fourth-order valence-corrected chi connectivity index (χ4v) is 2.98. The van der Waals surface area contributed by atoms with E-state index in [1.165, 1.54) is 10.9 Å². The van der Waals surface area contributed by atoms with Crippen molar-refractivity contribution in [3.05, 3.63) is 6.20 Å². The Kier molecular flexibility index (Phi) is 2.88. The normalized spacial score (nSPS) is 18.9. The fourth-order valence-electron chi connectivity index (χ4n) is 1.76. The largest absolute Gasteiger partial charge is 0.389 e. The van der Waals surface area contributed by atoms with Crippen LogP contribution < -0.4 is 10.5 Å². The molecule has 1 heterocycles. The molecule has 1 aromatic heterocycles. The Balaban J connectivity index is 2.11. The van der Waals surface area contributed by atoms with Gasteiger partial charge >= 0.3 is 0 Å². The van der Waals surface area contributed by atoms with Crippen LogP contribution in [0.3, 0.4) is 0 Å². The second-order valence-electron chi connectivity index (χ2n) is 4.45. The lowest BCUT2D eigenvalue weighted by Crippen LogP contribution is -2.47.